The standard InChI is InChI=1S/C15H27N5O/c1-4-14-16-17-15(18(14)3)20-8-7-19(11-12(20)2)13-5-9-21-10-6-13/h12-13H,4-11H2,1-3H3/t12-/m0/s1. The molecule has 0 amide bonds. The van der Waals surface area contributed by atoms with E-state index in [1.165, 1.54) is 12.8 Å². The van der Waals surface area contributed by atoms with E-state index in [0.717, 1.165) is 51.0 Å². The minimum atomic E-state index is 0.481. The van der Waals surface area contributed by atoms with Gasteiger partial charge < -0.3 is 14.2 Å². The number of ether oxygens (including phenoxy) is 1. The third-order valence-corrected chi connectivity index (χ3v) is 4.88. The Morgan fingerprint density at radius 3 is 2.57 bits per heavy atom. The van der Waals surface area contributed by atoms with Gasteiger partial charge in [0.15, 0.2) is 0 Å². The second kappa shape index (κ2) is 6.32. The fourth-order valence-electron chi connectivity index (χ4n) is 3.57. The Morgan fingerprint density at radius 2 is 1.95 bits per heavy atom. The first-order valence-electron chi connectivity index (χ1n) is 8.17. The average molecular weight is 293 g/mol. The van der Waals surface area contributed by atoms with Crippen molar-refractivity contribution in [2.45, 2.75) is 45.2 Å². The zero-order valence-electron chi connectivity index (χ0n) is 13.5. The van der Waals surface area contributed by atoms with Crippen LogP contribution in [0.4, 0.5) is 5.95 Å². The van der Waals surface area contributed by atoms with E-state index in [0.29, 0.717) is 12.1 Å². The molecule has 0 bridgehead atoms. The first kappa shape index (κ1) is 14.8. The van der Waals surface area contributed by atoms with E-state index in [-0.39, 0.29) is 0 Å². The monoisotopic (exact) mass is 293 g/mol. The SMILES string of the molecule is CCc1nnc(N2CCN(C3CCOCC3)C[C@@H]2C)n1C. The van der Waals surface area contributed by atoms with Crippen molar-refractivity contribution in [2.75, 3.05) is 37.7 Å². The lowest BCUT2D eigenvalue weighted by Gasteiger charge is -2.44. The van der Waals surface area contributed by atoms with Crippen molar-refractivity contribution in [3.05, 3.63) is 5.82 Å². The summed E-state index contributed by atoms with van der Waals surface area (Å²) in [5.74, 6) is 2.08. The number of anilines is 1. The van der Waals surface area contributed by atoms with Gasteiger partial charge in [0, 0.05) is 58.4 Å². The molecular formula is C15H27N5O. The van der Waals surface area contributed by atoms with Crippen molar-refractivity contribution in [1.82, 2.24) is 19.7 Å². The van der Waals surface area contributed by atoms with Crippen LogP contribution >= 0.6 is 0 Å². The van der Waals surface area contributed by atoms with Crippen molar-refractivity contribution >= 4 is 5.95 Å². The summed E-state index contributed by atoms with van der Waals surface area (Å²) in [7, 11) is 2.08. The number of hydrogen-bond acceptors (Lipinski definition) is 5. The Kier molecular flexibility index (Phi) is 4.45. The largest absolute Gasteiger partial charge is 0.381 e. The minimum absolute atomic E-state index is 0.481. The van der Waals surface area contributed by atoms with E-state index in [1.807, 2.05) is 0 Å². The summed E-state index contributed by atoms with van der Waals surface area (Å²) in [5.41, 5.74) is 0. The Bertz CT molecular complexity index is 469. The van der Waals surface area contributed by atoms with E-state index >= 15 is 0 Å². The summed E-state index contributed by atoms with van der Waals surface area (Å²) in [4.78, 5) is 5.04. The van der Waals surface area contributed by atoms with Crippen LogP contribution in [0.25, 0.3) is 0 Å². The van der Waals surface area contributed by atoms with Gasteiger partial charge in [-0.25, -0.2) is 0 Å². The number of nitrogens with zero attached hydrogens (tertiary/aromatic N) is 5. The van der Waals surface area contributed by atoms with Crippen molar-refractivity contribution in [2.24, 2.45) is 7.05 Å². The topological polar surface area (TPSA) is 46.4 Å². The molecule has 21 heavy (non-hydrogen) atoms. The van der Waals surface area contributed by atoms with Gasteiger partial charge >= 0.3 is 0 Å². The van der Waals surface area contributed by atoms with Gasteiger partial charge in [0.2, 0.25) is 5.95 Å². The highest BCUT2D eigenvalue weighted by molar-refractivity contribution is 5.33. The molecule has 2 fully saturated rings. The number of aromatic nitrogens is 3. The molecule has 0 aromatic carbocycles. The molecule has 1 aromatic heterocycles. The molecule has 2 aliphatic heterocycles. The first-order chi connectivity index (χ1) is 10.2. The van der Waals surface area contributed by atoms with Crippen LogP contribution in [0, 0.1) is 0 Å². The van der Waals surface area contributed by atoms with Crippen LogP contribution in [0.15, 0.2) is 0 Å². The lowest BCUT2D eigenvalue weighted by molar-refractivity contribution is 0.0278. The molecular weight excluding hydrogens is 266 g/mol. The molecule has 0 radical (unpaired) electrons. The molecule has 6 nitrogen and oxygen atoms in total. The Morgan fingerprint density at radius 1 is 1.19 bits per heavy atom. The van der Waals surface area contributed by atoms with E-state index < -0.39 is 0 Å². The highest BCUT2D eigenvalue weighted by Crippen LogP contribution is 2.23. The van der Waals surface area contributed by atoms with Crippen LogP contribution < -0.4 is 4.90 Å². The van der Waals surface area contributed by atoms with Crippen LogP contribution in [-0.2, 0) is 18.2 Å². The van der Waals surface area contributed by atoms with Crippen LogP contribution in [0.3, 0.4) is 0 Å². The maximum Gasteiger partial charge on any atom is 0.227 e. The average Bonchev–Trinajstić information content (AvgIpc) is 2.89. The van der Waals surface area contributed by atoms with Crippen LogP contribution in [-0.4, -0.2) is 64.6 Å². The number of hydrogen-bond donors (Lipinski definition) is 0. The van der Waals surface area contributed by atoms with E-state index in [1.54, 1.807) is 0 Å². The van der Waals surface area contributed by atoms with Crippen LogP contribution in [0.1, 0.15) is 32.5 Å². The molecule has 0 saturated carbocycles. The molecule has 2 saturated heterocycles. The van der Waals surface area contributed by atoms with Gasteiger partial charge in [-0.1, -0.05) is 6.92 Å². The molecule has 3 rings (SSSR count). The number of rotatable bonds is 3. The summed E-state index contributed by atoms with van der Waals surface area (Å²) in [6.45, 7) is 9.52. The molecule has 3 heterocycles. The fraction of sp³-hybridized carbons (Fsp3) is 0.867. The highest BCUT2D eigenvalue weighted by Gasteiger charge is 2.31. The van der Waals surface area contributed by atoms with E-state index in [9.17, 15) is 0 Å². The highest BCUT2D eigenvalue weighted by atomic mass is 16.5. The number of piperazine rings is 1. The molecule has 0 spiro atoms. The van der Waals surface area contributed by atoms with Gasteiger partial charge in [0.25, 0.3) is 0 Å². The van der Waals surface area contributed by atoms with Gasteiger partial charge in [0.1, 0.15) is 5.82 Å². The predicted molar refractivity (Wildman–Crippen MR) is 82.6 cm³/mol. The molecule has 0 N–H and O–H groups in total. The second-order valence-electron chi connectivity index (χ2n) is 6.21. The molecule has 0 aliphatic carbocycles. The summed E-state index contributed by atoms with van der Waals surface area (Å²) in [5, 5.41) is 8.69. The lowest BCUT2D eigenvalue weighted by Crippen LogP contribution is -2.56. The first-order valence-corrected chi connectivity index (χ1v) is 8.17. The fourth-order valence-corrected chi connectivity index (χ4v) is 3.57. The van der Waals surface area contributed by atoms with Gasteiger partial charge in [-0.2, -0.15) is 0 Å². The maximum absolute atomic E-state index is 5.48. The molecule has 1 aromatic rings. The van der Waals surface area contributed by atoms with Gasteiger partial charge in [0.05, 0.1) is 0 Å². The second-order valence-corrected chi connectivity index (χ2v) is 6.21. The summed E-state index contributed by atoms with van der Waals surface area (Å²) in [6, 6.07) is 1.18. The zero-order valence-corrected chi connectivity index (χ0v) is 13.5. The lowest BCUT2D eigenvalue weighted by atomic mass is 10.0. The summed E-state index contributed by atoms with van der Waals surface area (Å²) in [6.07, 6.45) is 3.28. The van der Waals surface area contributed by atoms with Crippen molar-refractivity contribution in [3.8, 4) is 0 Å². The minimum Gasteiger partial charge on any atom is -0.381 e. The van der Waals surface area contributed by atoms with Crippen molar-refractivity contribution in [1.29, 1.82) is 0 Å². The maximum atomic E-state index is 5.48. The zero-order chi connectivity index (χ0) is 14.8. The van der Waals surface area contributed by atoms with Crippen molar-refractivity contribution in [3.63, 3.8) is 0 Å². The van der Waals surface area contributed by atoms with E-state index in [4.69, 9.17) is 4.74 Å². The molecule has 6 heteroatoms. The van der Waals surface area contributed by atoms with Gasteiger partial charge in [-0.15, -0.1) is 10.2 Å². The third-order valence-electron chi connectivity index (χ3n) is 4.88. The molecule has 0 unspecified atom stereocenters. The number of aryl methyl sites for hydroxylation is 1. The van der Waals surface area contributed by atoms with E-state index in [2.05, 4.69) is 45.5 Å². The van der Waals surface area contributed by atoms with Crippen molar-refractivity contribution < 1.29 is 4.74 Å². The van der Waals surface area contributed by atoms with Crippen LogP contribution in [0.5, 0.6) is 0 Å². The summed E-state index contributed by atoms with van der Waals surface area (Å²) < 4.78 is 7.62. The third kappa shape index (κ3) is 2.92. The van der Waals surface area contributed by atoms with Crippen LogP contribution in [0.2, 0.25) is 0 Å². The smallest absolute Gasteiger partial charge is 0.227 e. The normalized spacial score (nSPS) is 25.5. The summed E-state index contributed by atoms with van der Waals surface area (Å²) >= 11 is 0. The quantitative estimate of drug-likeness (QED) is 0.834. The Hall–Kier alpha value is -1.14. The molecule has 2 aliphatic rings. The van der Waals surface area contributed by atoms with Gasteiger partial charge in [-0.05, 0) is 19.8 Å². The molecule has 118 valence electrons. The Balaban J connectivity index is 1.66. The Labute approximate surface area is 127 Å². The van der Waals surface area contributed by atoms with Gasteiger partial charge in [-0.3, -0.25) is 4.90 Å². The molecule has 1 atom stereocenters. The predicted octanol–water partition coefficient (Wildman–Crippen LogP) is 1.07.